The smallest absolute Gasteiger partial charge is 0.218 e. The molecule has 0 aliphatic carbocycles. The van der Waals surface area contributed by atoms with Crippen molar-refractivity contribution >= 4 is 29.9 Å². The Kier molecular flexibility index (Phi) is 12.8. The lowest BCUT2D eigenvalue weighted by Gasteiger charge is -2.14. The molecule has 0 radical (unpaired) electrons. The van der Waals surface area contributed by atoms with E-state index in [4.69, 9.17) is 14.2 Å². The Morgan fingerprint density at radius 1 is 1.10 bits per heavy atom. The number of aliphatic imine (C=N–C) groups is 1. The van der Waals surface area contributed by atoms with Gasteiger partial charge in [-0.25, -0.2) is 9.98 Å². The van der Waals surface area contributed by atoms with Gasteiger partial charge in [0.2, 0.25) is 5.88 Å². The van der Waals surface area contributed by atoms with Gasteiger partial charge >= 0.3 is 0 Å². The lowest BCUT2D eigenvalue weighted by atomic mass is 10.1. The molecule has 7 nitrogen and oxygen atoms in total. The maximum Gasteiger partial charge on any atom is 0.218 e. The van der Waals surface area contributed by atoms with Gasteiger partial charge in [-0.1, -0.05) is 23.8 Å². The molecule has 0 saturated carbocycles. The molecule has 8 heteroatoms. The van der Waals surface area contributed by atoms with Gasteiger partial charge in [0.1, 0.15) is 12.4 Å². The van der Waals surface area contributed by atoms with Crippen LogP contribution in [0.1, 0.15) is 23.6 Å². The number of methoxy groups -OCH3 is 2. The maximum absolute atomic E-state index is 5.69. The second-order valence-electron chi connectivity index (χ2n) is 6.50. The first-order valence-electron chi connectivity index (χ1n) is 9.89. The van der Waals surface area contributed by atoms with E-state index in [0.29, 0.717) is 25.6 Å². The van der Waals surface area contributed by atoms with Crippen molar-refractivity contribution in [1.29, 1.82) is 0 Å². The molecule has 0 amide bonds. The molecule has 0 bridgehead atoms. The summed E-state index contributed by atoms with van der Waals surface area (Å²) in [7, 11) is 3.35. The minimum absolute atomic E-state index is 0. The van der Waals surface area contributed by atoms with Crippen molar-refractivity contribution in [2.45, 2.75) is 26.8 Å². The zero-order valence-electron chi connectivity index (χ0n) is 18.2. The molecule has 0 atom stereocenters. The second-order valence-corrected chi connectivity index (χ2v) is 6.50. The van der Waals surface area contributed by atoms with Crippen LogP contribution in [0.4, 0.5) is 0 Å². The molecule has 1 aromatic heterocycles. The number of ether oxygens (including phenoxy) is 3. The van der Waals surface area contributed by atoms with Gasteiger partial charge < -0.3 is 24.8 Å². The number of benzene rings is 1. The highest BCUT2D eigenvalue weighted by atomic mass is 127. The van der Waals surface area contributed by atoms with Gasteiger partial charge in [0.25, 0.3) is 0 Å². The van der Waals surface area contributed by atoms with Gasteiger partial charge in [0.05, 0.1) is 20.3 Å². The van der Waals surface area contributed by atoms with Gasteiger partial charge in [-0.3, -0.25) is 0 Å². The topological polar surface area (TPSA) is 77.0 Å². The molecule has 2 aromatic rings. The van der Waals surface area contributed by atoms with Crippen molar-refractivity contribution in [3.05, 3.63) is 53.2 Å². The number of pyridine rings is 1. The summed E-state index contributed by atoms with van der Waals surface area (Å²) in [6, 6.07) is 10.1. The number of aromatic nitrogens is 1. The zero-order chi connectivity index (χ0) is 20.9. The van der Waals surface area contributed by atoms with Gasteiger partial charge in [-0.2, -0.15) is 0 Å². The molecular formula is C22H33IN4O3. The predicted octanol–water partition coefficient (Wildman–Crippen LogP) is 3.34. The van der Waals surface area contributed by atoms with Crippen molar-refractivity contribution in [3.8, 4) is 11.6 Å². The van der Waals surface area contributed by atoms with E-state index in [1.807, 2.05) is 25.1 Å². The van der Waals surface area contributed by atoms with Crippen LogP contribution < -0.4 is 20.1 Å². The van der Waals surface area contributed by atoms with E-state index in [1.165, 1.54) is 11.1 Å². The van der Waals surface area contributed by atoms with Crippen molar-refractivity contribution in [1.82, 2.24) is 15.6 Å². The fourth-order valence-corrected chi connectivity index (χ4v) is 2.82. The third kappa shape index (κ3) is 8.74. The number of hydrogen-bond donors (Lipinski definition) is 2. The van der Waals surface area contributed by atoms with Crippen LogP contribution in [-0.2, 0) is 17.7 Å². The Morgan fingerprint density at radius 3 is 2.67 bits per heavy atom. The average Bonchev–Trinajstić information content (AvgIpc) is 2.73. The van der Waals surface area contributed by atoms with E-state index in [2.05, 4.69) is 39.7 Å². The monoisotopic (exact) mass is 528 g/mol. The van der Waals surface area contributed by atoms with E-state index in [9.17, 15) is 0 Å². The van der Waals surface area contributed by atoms with E-state index < -0.39 is 0 Å². The molecule has 2 rings (SSSR count). The third-order valence-corrected chi connectivity index (χ3v) is 4.25. The minimum Gasteiger partial charge on any atom is -0.496 e. The molecule has 166 valence electrons. The SMILES string of the molecule is CCNC(=NCc1cccnc1OCCOC)NCCc1cc(C)ccc1OC.I. The lowest BCUT2D eigenvalue weighted by Crippen LogP contribution is -2.38. The molecule has 0 saturated heterocycles. The predicted molar refractivity (Wildman–Crippen MR) is 131 cm³/mol. The molecule has 0 spiro atoms. The first-order valence-corrected chi connectivity index (χ1v) is 9.89. The van der Waals surface area contributed by atoms with Crippen LogP contribution in [0.25, 0.3) is 0 Å². The van der Waals surface area contributed by atoms with Crippen molar-refractivity contribution in [2.24, 2.45) is 4.99 Å². The van der Waals surface area contributed by atoms with Crippen LogP contribution in [0, 0.1) is 6.92 Å². The molecular weight excluding hydrogens is 495 g/mol. The fourth-order valence-electron chi connectivity index (χ4n) is 2.82. The second kappa shape index (κ2) is 14.8. The van der Waals surface area contributed by atoms with Crippen LogP contribution in [0.2, 0.25) is 0 Å². The summed E-state index contributed by atoms with van der Waals surface area (Å²) in [4.78, 5) is 8.98. The number of guanidine groups is 1. The van der Waals surface area contributed by atoms with E-state index in [1.54, 1.807) is 20.4 Å². The highest BCUT2D eigenvalue weighted by Crippen LogP contribution is 2.19. The van der Waals surface area contributed by atoms with Crippen LogP contribution in [-0.4, -0.2) is 51.5 Å². The van der Waals surface area contributed by atoms with Crippen LogP contribution in [0.5, 0.6) is 11.6 Å². The molecule has 0 aliphatic rings. The Morgan fingerprint density at radius 2 is 1.93 bits per heavy atom. The van der Waals surface area contributed by atoms with Crippen molar-refractivity contribution < 1.29 is 14.2 Å². The molecule has 0 unspecified atom stereocenters. The molecule has 0 fully saturated rings. The fraction of sp³-hybridized carbons (Fsp3) is 0.455. The highest BCUT2D eigenvalue weighted by Gasteiger charge is 2.07. The summed E-state index contributed by atoms with van der Waals surface area (Å²) < 4.78 is 16.2. The molecule has 2 N–H and O–H groups in total. The Hall–Kier alpha value is -2.07. The highest BCUT2D eigenvalue weighted by molar-refractivity contribution is 14.0. The van der Waals surface area contributed by atoms with E-state index in [0.717, 1.165) is 36.8 Å². The molecule has 30 heavy (non-hydrogen) atoms. The number of halogens is 1. The summed E-state index contributed by atoms with van der Waals surface area (Å²) in [6.07, 6.45) is 2.56. The van der Waals surface area contributed by atoms with Gasteiger partial charge in [-0.05, 0) is 38.0 Å². The Bertz CT molecular complexity index is 787. The van der Waals surface area contributed by atoms with Crippen LogP contribution >= 0.6 is 24.0 Å². The summed E-state index contributed by atoms with van der Waals surface area (Å²) in [5.41, 5.74) is 3.33. The summed E-state index contributed by atoms with van der Waals surface area (Å²) >= 11 is 0. The molecule has 0 aliphatic heterocycles. The minimum atomic E-state index is 0. The molecule has 1 heterocycles. The quantitative estimate of drug-likeness (QED) is 0.202. The Balaban J connectivity index is 0.00000450. The van der Waals surface area contributed by atoms with E-state index in [-0.39, 0.29) is 24.0 Å². The largest absolute Gasteiger partial charge is 0.496 e. The summed E-state index contributed by atoms with van der Waals surface area (Å²) in [5.74, 6) is 2.26. The number of aryl methyl sites for hydroxylation is 1. The van der Waals surface area contributed by atoms with Crippen molar-refractivity contribution in [3.63, 3.8) is 0 Å². The number of hydrogen-bond acceptors (Lipinski definition) is 5. The van der Waals surface area contributed by atoms with Gasteiger partial charge in [-0.15, -0.1) is 24.0 Å². The summed E-state index contributed by atoms with van der Waals surface area (Å²) in [6.45, 7) is 7.11. The van der Waals surface area contributed by atoms with Crippen molar-refractivity contribution in [2.75, 3.05) is 40.5 Å². The average molecular weight is 528 g/mol. The first-order chi connectivity index (χ1) is 14.2. The third-order valence-electron chi connectivity index (χ3n) is 4.25. The number of nitrogens with zero attached hydrogens (tertiary/aromatic N) is 2. The van der Waals surface area contributed by atoms with Crippen LogP contribution in [0.15, 0.2) is 41.5 Å². The standard InChI is InChI=1S/C22H32N4O3.HI/c1-5-23-22(25-12-10-18-15-17(2)8-9-20(18)28-4)26-16-19-7-6-11-24-21(19)29-14-13-27-3;/h6-9,11,15H,5,10,12-14,16H2,1-4H3,(H2,23,25,26);1H. The maximum atomic E-state index is 5.69. The number of rotatable bonds is 11. The summed E-state index contributed by atoms with van der Waals surface area (Å²) in [5, 5.41) is 6.66. The van der Waals surface area contributed by atoms with Gasteiger partial charge in [0, 0.05) is 32.0 Å². The van der Waals surface area contributed by atoms with Gasteiger partial charge in [0.15, 0.2) is 5.96 Å². The normalized spacial score (nSPS) is 10.9. The zero-order valence-corrected chi connectivity index (χ0v) is 20.6. The first kappa shape index (κ1) is 26.0. The number of nitrogens with one attached hydrogen (secondary N) is 2. The lowest BCUT2D eigenvalue weighted by molar-refractivity contribution is 0.143. The van der Waals surface area contributed by atoms with Crippen LogP contribution in [0.3, 0.4) is 0 Å². The molecule has 1 aromatic carbocycles. The Labute approximate surface area is 196 Å². The van der Waals surface area contributed by atoms with E-state index >= 15 is 0 Å².